The van der Waals surface area contributed by atoms with Crippen LogP contribution in [0.2, 0.25) is 0 Å². The topological polar surface area (TPSA) is 73.9 Å². The number of ether oxygens (including phenoxy) is 1. The van der Waals surface area contributed by atoms with Crippen molar-refractivity contribution in [1.29, 1.82) is 0 Å². The Kier molecular flexibility index (Phi) is 4.18. The SMILES string of the molecule is Cc1nc(C)c(C)c(O[C@@H](C)c2ccc(-c3noc(C4CC4)n3)cc2)n1. The zero-order valence-corrected chi connectivity index (χ0v) is 15.5. The van der Waals surface area contributed by atoms with E-state index in [0.717, 1.165) is 41.1 Å². The van der Waals surface area contributed by atoms with Crippen LogP contribution in [0.1, 0.15) is 60.3 Å². The fourth-order valence-corrected chi connectivity index (χ4v) is 2.84. The number of aryl methyl sites for hydroxylation is 2. The molecule has 0 bridgehead atoms. The van der Waals surface area contributed by atoms with Crippen molar-refractivity contribution >= 4 is 0 Å². The number of hydrogen-bond acceptors (Lipinski definition) is 6. The summed E-state index contributed by atoms with van der Waals surface area (Å²) in [5, 5.41) is 4.09. The number of aromatic nitrogens is 4. The molecule has 2 aromatic heterocycles. The molecule has 1 aromatic carbocycles. The molecule has 0 radical (unpaired) electrons. The van der Waals surface area contributed by atoms with Crippen LogP contribution in [0.4, 0.5) is 0 Å². The molecule has 0 aliphatic heterocycles. The predicted octanol–water partition coefficient (Wildman–Crippen LogP) is 4.47. The van der Waals surface area contributed by atoms with Crippen molar-refractivity contribution in [2.24, 2.45) is 0 Å². The minimum atomic E-state index is -0.122. The van der Waals surface area contributed by atoms with Crippen LogP contribution in [0.5, 0.6) is 5.88 Å². The summed E-state index contributed by atoms with van der Waals surface area (Å²) in [6.07, 6.45) is 2.18. The number of rotatable bonds is 5. The smallest absolute Gasteiger partial charge is 0.230 e. The van der Waals surface area contributed by atoms with Crippen LogP contribution in [0.25, 0.3) is 11.4 Å². The van der Waals surface area contributed by atoms with Crippen LogP contribution in [0, 0.1) is 20.8 Å². The van der Waals surface area contributed by atoms with E-state index in [1.54, 1.807) is 0 Å². The second-order valence-electron chi connectivity index (χ2n) is 6.90. The Bertz CT molecular complexity index is 929. The molecule has 1 fully saturated rings. The van der Waals surface area contributed by atoms with Gasteiger partial charge >= 0.3 is 0 Å². The molecule has 1 aliphatic rings. The minimum Gasteiger partial charge on any atom is -0.469 e. The molecule has 1 saturated carbocycles. The highest BCUT2D eigenvalue weighted by atomic mass is 16.5. The van der Waals surface area contributed by atoms with E-state index in [9.17, 15) is 0 Å². The van der Waals surface area contributed by atoms with Crippen LogP contribution < -0.4 is 4.74 Å². The summed E-state index contributed by atoms with van der Waals surface area (Å²) in [7, 11) is 0. The van der Waals surface area contributed by atoms with Crippen molar-refractivity contribution in [3.63, 3.8) is 0 Å². The summed E-state index contributed by atoms with van der Waals surface area (Å²) in [5.74, 6) is 3.22. The Morgan fingerprint density at radius 3 is 2.46 bits per heavy atom. The summed E-state index contributed by atoms with van der Waals surface area (Å²) in [5.41, 5.74) is 3.92. The lowest BCUT2D eigenvalue weighted by Crippen LogP contribution is -2.08. The third-order valence-electron chi connectivity index (χ3n) is 4.75. The molecule has 0 N–H and O–H groups in total. The Morgan fingerprint density at radius 2 is 1.77 bits per heavy atom. The van der Waals surface area contributed by atoms with Gasteiger partial charge in [0.2, 0.25) is 17.6 Å². The van der Waals surface area contributed by atoms with E-state index >= 15 is 0 Å². The molecule has 0 unspecified atom stereocenters. The molecular weight excluding hydrogens is 328 g/mol. The summed E-state index contributed by atoms with van der Waals surface area (Å²) in [4.78, 5) is 13.3. The van der Waals surface area contributed by atoms with Gasteiger partial charge in [0.15, 0.2) is 0 Å². The molecule has 6 heteroatoms. The van der Waals surface area contributed by atoms with E-state index < -0.39 is 0 Å². The van der Waals surface area contributed by atoms with Gasteiger partial charge < -0.3 is 9.26 Å². The lowest BCUT2D eigenvalue weighted by molar-refractivity contribution is 0.214. The number of hydrogen-bond donors (Lipinski definition) is 0. The van der Waals surface area contributed by atoms with Crippen molar-refractivity contribution < 1.29 is 9.26 Å². The van der Waals surface area contributed by atoms with Gasteiger partial charge in [-0.1, -0.05) is 29.4 Å². The highest BCUT2D eigenvalue weighted by Gasteiger charge is 2.29. The second-order valence-corrected chi connectivity index (χ2v) is 6.90. The van der Waals surface area contributed by atoms with Crippen LogP contribution >= 0.6 is 0 Å². The van der Waals surface area contributed by atoms with Gasteiger partial charge in [-0.25, -0.2) is 4.98 Å². The summed E-state index contributed by atoms with van der Waals surface area (Å²) < 4.78 is 11.4. The van der Waals surface area contributed by atoms with Gasteiger partial charge in [0.05, 0.1) is 0 Å². The quantitative estimate of drug-likeness (QED) is 0.676. The molecule has 134 valence electrons. The summed E-state index contributed by atoms with van der Waals surface area (Å²) in [6.45, 7) is 7.84. The Morgan fingerprint density at radius 1 is 1.04 bits per heavy atom. The molecule has 26 heavy (non-hydrogen) atoms. The van der Waals surface area contributed by atoms with Gasteiger partial charge in [-0.15, -0.1) is 0 Å². The molecule has 0 amide bonds. The van der Waals surface area contributed by atoms with Gasteiger partial charge in [-0.2, -0.15) is 9.97 Å². The predicted molar refractivity (Wildman–Crippen MR) is 97.0 cm³/mol. The summed E-state index contributed by atoms with van der Waals surface area (Å²) in [6, 6.07) is 8.06. The first-order valence-electron chi connectivity index (χ1n) is 8.93. The Balaban J connectivity index is 1.50. The maximum absolute atomic E-state index is 6.08. The molecular formula is C20H22N4O2. The molecule has 4 rings (SSSR count). The zero-order valence-electron chi connectivity index (χ0n) is 15.5. The fraction of sp³-hybridized carbons (Fsp3) is 0.400. The highest BCUT2D eigenvalue weighted by molar-refractivity contribution is 5.55. The fourth-order valence-electron chi connectivity index (χ4n) is 2.84. The van der Waals surface area contributed by atoms with Crippen molar-refractivity contribution in [1.82, 2.24) is 20.1 Å². The van der Waals surface area contributed by atoms with Gasteiger partial charge in [-0.3, -0.25) is 0 Å². The molecule has 3 aromatic rings. The van der Waals surface area contributed by atoms with Crippen molar-refractivity contribution in [2.45, 2.75) is 52.6 Å². The normalized spacial score (nSPS) is 15.1. The lowest BCUT2D eigenvalue weighted by atomic mass is 10.1. The van der Waals surface area contributed by atoms with Crippen molar-refractivity contribution in [2.75, 3.05) is 0 Å². The molecule has 0 saturated heterocycles. The molecule has 2 heterocycles. The Hall–Kier alpha value is -2.76. The zero-order chi connectivity index (χ0) is 18.3. The average Bonchev–Trinajstić information content (AvgIpc) is 3.36. The van der Waals surface area contributed by atoms with Crippen molar-refractivity contribution in [3.05, 3.63) is 52.8 Å². The van der Waals surface area contributed by atoms with E-state index in [1.807, 2.05) is 52.0 Å². The highest BCUT2D eigenvalue weighted by Crippen LogP contribution is 2.39. The van der Waals surface area contributed by atoms with Gasteiger partial charge in [0.25, 0.3) is 0 Å². The summed E-state index contributed by atoms with van der Waals surface area (Å²) >= 11 is 0. The van der Waals surface area contributed by atoms with Gasteiger partial charge in [0.1, 0.15) is 11.9 Å². The number of nitrogens with zero attached hydrogens (tertiary/aromatic N) is 4. The van der Waals surface area contributed by atoms with Crippen LogP contribution in [0.3, 0.4) is 0 Å². The minimum absolute atomic E-state index is 0.122. The van der Waals surface area contributed by atoms with E-state index in [2.05, 4.69) is 20.1 Å². The van der Waals surface area contributed by atoms with Crippen molar-refractivity contribution in [3.8, 4) is 17.3 Å². The van der Waals surface area contributed by atoms with Gasteiger partial charge in [-0.05, 0) is 46.1 Å². The maximum atomic E-state index is 6.08. The van der Waals surface area contributed by atoms with E-state index in [4.69, 9.17) is 9.26 Å². The molecule has 1 atom stereocenters. The first kappa shape index (κ1) is 16.7. The van der Waals surface area contributed by atoms with Crippen LogP contribution in [-0.2, 0) is 0 Å². The number of benzene rings is 1. The van der Waals surface area contributed by atoms with E-state index in [0.29, 0.717) is 23.4 Å². The second kappa shape index (κ2) is 6.52. The van der Waals surface area contributed by atoms with Gasteiger partial charge in [0, 0.05) is 22.7 Å². The maximum Gasteiger partial charge on any atom is 0.230 e. The molecule has 1 aliphatic carbocycles. The lowest BCUT2D eigenvalue weighted by Gasteiger charge is -2.17. The molecule has 6 nitrogen and oxygen atoms in total. The van der Waals surface area contributed by atoms with Crippen LogP contribution in [-0.4, -0.2) is 20.1 Å². The first-order chi connectivity index (χ1) is 12.5. The van der Waals surface area contributed by atoms with E-state index in [-0.39, 0.29) is 6.10 Å². The standard InChI is InChI=1S/C20H22N4O2/c1-11-12(2)21-14(4)22-19(11)25-13(3)15-5-7-16(8-6-15)18-23-20(26-24-18)17-9-10-17/h5-8,13,17H,9-10H2,1-4H3/t13-/m0/s1. The van der Waals surface area contributed by atoms with Crippen LogP contribution in [0.15, 0.2) is 28.8 Å². The molecule has 0 spiro atoms. The third kappa shape index (κ3) is 3.31. The largest absolute Gasteiger partial charge is 0.469 e. The average molecular weight is 350 g/mol. The van der Waals surface area contributed by atoms with E-state index in [1.165, 1.54) is 0 Å². The third-order valence-corrected chi connectivity index (χ3v) is 4.75. The monoisotopic (exact) mass is 350 g/mol. The first-order valence-corrected chi connectivity index (χ1v) is 8.93. The Labute approximate surface area is 152 Å².